The van der Waals surface area contributed by atoms with E-state index in [9.17, 15) is 4.79 Å². The van der Waals surface area contributed by atoms with Crippen LogP contribution >= 0.6 is 0 Å². The van der Waals surface area contributed by atoms with Crippen LogP contribution in [0, 0.1) is 13.8 Å². The number of pyridine rings is 1. The van der Waals surface area contributed by atoms with Crippen molar-refractivity contribution in [2.45, 2.75) is 45.6 Å². The van der Waals surface area contributed by atoms with Crippen molar-refractivity contribution in [2.24, 2.45) is 0 Å². The molecule has 0 spiro atoms. The molecule has 2 heterocycles. The zero-order chi connectivity index (χ0) is 16.4. The molecule has 1 saturated heterocycles. The Balaban J connectivity index is 1.91. The first kappa shape index (κ1) is 15.9. The summed E-state index contributed by atoms with van der Waals surface area (Å²) in [6.45, 7) is 4.95. The summed E-state index contributed by atoms with van der Waals surface area (Å²) in [5, 5.41) is 10.0. The first-order valence-corrected chi connectivity index (χ1v) is 8.40. The predicted octanol–water partition coefficient (Wildman–Crippen LogP) is 3.23. The van der Waals surface area contributed by atoms with Crippen molar-refractivity contribution in [2.75, 3.05) is 13.2 Å². The van der Waals surface area contributed by atoms with E-state index in [1.807, 2.05) is 36.9 Å². The number of aliphatic hydroxyl groups excluding tert-OH is 1. The van der Waals surface area contributed by atoms with Gasteiger partial charge in [0.1, 0.15) is 0 Å². The topological polar surface area (TPSA) is 53.4 Å². The molecule has 4 nitrogen and oxygen atoms in total. The van der Waals surface area contributed by atoms with E-state index in [1.165, 1.54) is 5.56 Å². The van der Waals surface area contributed by atoms with Crippen molar-refractivity contribution in [3.63, 3.8) is 0 Å². The van der Waals surface area contributed by atoms with Crippen LogP contribution in [-0.2, 0) is 0 Å². The van der Waals surface area contributed by atoms with Gasteiger partial charge in [-0.3, -0.25) is 9.78 Å². The van der Waals surface area contributed by atoms with Crippen LogP contribution in [0.4, 0.5) is 0 Å². The van der Waals surface area contributed by atoms with Gasteiger partial charge in [0, 0.05) is 24.6 Å². The predicted molar refractivity (Wildman–Crippen MR) is 91.6 cm³/mol. The first-order chi connectivity index (χ1) is 11.1. The Morgan fingerprint density at radius 3 is 2.96 bits per heavy atom. The molecule has 1 amide bonds. The largest absolute Gasteiger partial charge is 0.396 e. The van der Waals surface area contributed by atoms with Gasteiger partial charge in [0.05, 0.1) is 16.8 Å². The number of hydrogen-bond acceptors (Lipinski definition) is 3. The Morgan fingerprint density at radius 2 is 2.17 bits per heavy atom. The lowest BCUT2D eigenvalue weighted by molar-refractivity contribution is 0.0723. The number of benzene rings is 1. The fraction of sp³-hybridized carbons (Fsp3) is 0.474. The molecule has 1 fully saturated rings. The molecule has 1 aliphatic heterocycles. The standard InChI is InChI=1S/C19H24N2O2/c1-13-7-8-15-12-17(14(2)20-18(15)11-13)19(23)21-9-3-5-16(21)6-4-10-22/h7-8,11-12,16,22H,3-6,9-10H2,1-2H3. The number of carbonyl (C=O) groups excluding carboxylic acids is 1. The second-order valence-corrected chi connectivity index (χ2v) is 6.48. The second-order valence-electron chi connectivity index (χ2n) is 6.48. The molecule has 1 atom stereocenters. The number of carbonyl (C=O) groups is 1. The number of aromatic nitrogens is 1. The van der Waals surface area contributed by atoms with Crippen LogP contribution in [0.1, 0.15) is 47.3 Å². The van der Waals surface area contributed by atoms with E-state index in [0.717, 1.165) is 48.8 Å². The van der Waals surface area contributed by atoms with Crippen molar-refractivity contribution in [1.82, 2.24) is 9.88 Å². The zero-order valence-corrected chi connectivity index (χ0v) is 13.9. The highest BCUT2D eigenvalue weighted by Crippen LogP contribution is 2.26. The number of likely N-dealkylation sites (tertiary alicyclic amines) is 1. The van der Waals surface area contributed by atoms with Gasteiger partial charge in [-0.2, -0.15) is 0 Å². The highest BCUT2D eigenvalue weighted by molar-refractivity contribution is 5.99. The van der Waals surface area contributed by atoms with Gasteiger partial charge >= 0.3 is 0 Å². The lowest BCUT2D eigenvalue weighted by Gasteiger charge is -2.25. The van der Waals surface area contributed by atoms with Gasteiger partial charge in [-0.25, -0.2) is 0 Å². The van der Waals surface area contributed by atoms with Gasteiger partial charge in [-0.15, -0.1) is 0 Å². The molecule has 0 saturated carbocycles. The van der Waals surface area contributed by atoms with Crippen LogP contribution in [0.3, 0.4) is 0 Å². The number of hydrogen-bond donors (Lipinski definition) is 1. The minimum atomic E-state index is 0.0814. The fourth-order valence-corrected chi connectivity index (χ4v) is 3.47. The van der Waals surface area contributed by atoms with E-state index < -0.39 is 0 Å². The Labute approximate surface area is 137 Å². The molecule has 122 valence electrons. The Morgan fingerprint density at radius 1 is 1.35 bits per heavy atom. The SMILES string of the molecule is Cc1ccc2cc(C(=O)N3CCCC3CCCO)c(C)nc2c1. The van der Waals surface area contributed by atoms with Crippen molar-refractivity contribution in [3.8, 4) is 0 Å². The molecular weight excluding hydrogens is 288 g/mol. The zero-order valence-electron chi connectivity index (χ0n) is 13.9. The van der Waals surface area contributed by atoms with Crippen molar-refractivity contribution < 1.29 is 9.90 Å². The van der Waals surface area contributed by atoms with E-state index in [-0.39, 0.29) is 18.6 Å². The molecule has 1 aromatic carbocycles. The Hall–Kier alpha value is -1.94. The molecule has 3 rings (SSSR count). The van der Waals surface area contributed by atoms with Gasteiger partial charge in [0.15, 0.2) is 0 Å². The number of rotatable bonds is 4. The highest BCUT2D eigenvalue weighted by Gasteiger charge is 2.30. The number of amides is 1. The minimum absolute atomic E-state index is 0.0814. The number of aliphatic hydroxyl groups is 1. The third-order valence-electron chi connectivity index (χ3n) is 4.73. The van der Waals surface area contributed by atoms with Gasteiger partial charge in [-0.1, -0.05) is 12.1 Å². The van der Waals surface area contributed by atoms with Crippen LogP contribution < -0.4 is 0 Å². The maximum Gasteiger partial charge on any atom is 0.255 e. The fourth-order valence-electron chi connectivity index (χ4n) is 3.47. The monoisotopic (exact) mass is 312 g/mol. The first-order valence-electron chi connectivity index (χ1n) is 8.40. The van der Waals surface area contributed by atoms with E-state index in [0.29, 0.717) is 5.56 Å². The van der Waals surface area contributed by atoms with E-state index in [4.69, 9.17) is 5.11 Å². The summed E-state index contributed by atoms with van der Waals surface area (Å²) in [5.74, 6) is 0.0814. The second kappa shape index (κ2) is 6.67. The molecule has 1 unspecified atom stereocenters. The molecular formula is C19H24N2O2. The van der Waals surface area contributed by atoms with Crippen LogP contribution in [0.5, 0.6) is 0 Å². The van der Waals surface area contributed by atoms with Gasteiger partial charge < -0.3 is 10.0 Å². The summed E-state index contributed by atoms with van der Waals surface area (Å²) in [7, 11) is 0. The number of fused-ring (bicyclic) bond motifs is 1. The van der Waals surface area contributed by atoms with Gasteiger partial charge in [0.25, 0.3) is 5.91 Å². The summed E-state index contributed by atoms with van der Waals surface area (Å²) in [6.07, 6.45) is 3.70. The minimum Gasteiger partial charge on any atom is -0.396 e. The third-order valence-corrected chi connectivity index (χ3v) is 4.73. The summed E-state index contributed by atoms with van der Waals surface area (Å²) < 4.78 is 0. The summed E-state index contributed by atoms with van der Waals surface area (Å²) >= 11 is 0. The smallest absolute Gasteiger partial charge is 0.255 e. The van der Waals surface area contributed by atoms with Crippen molar-refractivity contribution in [1.29, 1.82) is 0 Å². The third kappa shape index (κ3) is 3.22. The van der Waals surface area contributed by atoms with Crippen LogP contribution in [-0.4, -0.2) is 40.1 Å². The van der Waals surface area contributed by atoms with Gasteiger partial charge in [0.2, 0.25) is 0 Å². The Kier molecular flexibility index (Phi) is 4.62. The van der Waals surface area contributed by atoms with E-state index in [2.05, 4.69) is 11.1 Å². The van der Waals surface area contributed by atoms with Crippen LogP contribution in [0.25, 0.3) is 10.9 Å². The average molecular weight is 312 g/mol. The van der Waals surface area contributed by atoms with Crippen LogP contribution in [0.2, 0.25) is 0 Å². The summed E-state index contributed by atoms with van der Waals surface area (Å²) in [4.78, 5) is 19.6. The van der Waals surface area contributed by atoms with Crippen molar-refractivity contribution >= 4 is 16.8 Å². The highest BCUT2D eigenvalue weighted by atomic mass is 16.3. The lowest BCUT2D eigenvalue weighted by Crippen LogP contribution is -2.36. The number of aryl methyl sites for hydroxylation is 2. The average Bonchev–Trinajstić information content (AvgIpc) is 3.00. The molecule has 2 aromatic rings. The number of nitrogens with zero attached hydrogens (tertiary/aromatic N) is 2. The maximum atomic E-state index is 13.0. The quantitative estimate of drug-likeness (QED) is 0.943. The van der Waals surface area contributed by atoms with Crippen molar-refractivity contribution in [3.05, 3.63) is 41.1 Å². The molecule has 23 heavy (non-hydrogen) atoms. The molecule has 4 heteroatoms. The normalized spacial score (nSPS) is 17.9. The molecule has 0 bridgehead atoms. The molecule has 1 aromatic heterocycles. The molecule has 1 aliphatic rings. The summed E-state index contributed by atoms with van der Waals surface area (Å²) in [6, 6.07) is 8.36. The molecule has 0 radical (unpaired) electrons. The van der Waals surface area contributed by atoms with Gasteiger partial charge in [-0.05, 0) is 57.2 Å². The molecule has 1 N–H and O–H groups in total. The van der Waals surface area contributed by atoms with Crippen LogP contribution in [0.15, 0.2) is 24.3 Å². The lowest BCUT2D eigenvalue weighted by atomic mass is 10.1. The molecule has 0 aliphatic carbocycles. The van der Waals surface area contributed by atoms with E-state index >= 15 is 0 Å². The Bertz CT molecular complexity index is 727. The van der Waals surface area contributed by atoms with E-state index in [1.54, 1.807) is 0 Å². The maximum absolute atomic E-state index is 13.0. The summed E-state index contributed by atoms with van der Waals surface area (Å²) in [5.41, 5.74) is 3.61.